The second kappa shape index (κ2) is 3.12. The maximum atomic E-state index is 5.27. The lowest BCUT2D eigenvalue weighted by atomic mass is 10.3. The fourth-order valence-corrected chi connectivity index (χ4v) is 1.38. The van der Waals surface area contributed by atoms with Crippen molar-refractivity contribution in [3.8, 4) is 11.6 Å². The molecule has 0 spiro atoms. The molecule has 5 heteroatoms. The molecule has 3 rings (SSSR count). The van der Waals surface area contributed by atoms with E-state index in [0.29, 0.717) is 23.6 Å². The van der Waals surface area contributed by atoms with E-state index >= 15 is 0 Å². The zero-order valence-corrected chi connectivity index (χ0v) is 8.36. The molecule has 1 saturated carbocycles. The van der Waals surface area contributed by atoms with Gasteiger partial charge in [-0.2, -0.15) is 4.98 Å². The smallest absolute Gasteiger partial charge is 0.322 e. The van der Waals surface area contributed by atoms with Crippen molar-refractivity contribution >= 4 is 6.01 Å². The van der Waals surface area contributed by atoms with Gasteiger partial charge in [-0.3, -0.25) is 0 Å². The van der Waals surface area contributed by atoms with Gasteiger partial charge in [0.15, 0.2) is 5.76 Å². The van der Waals surface area contributed by atoms with Crippen LogP contribution in [0.4, 0.5) is 6.01 Å². The Balaban J connectivity index is 1.86. The number of nitrogens with zero attached hydrogens (tertiary/aromatic N) is 2. The number of hydrogen-bond donors (Lipinski definition) is 1. The lowest BCUT2D eigenvalue weighted by Crippen LogP contribution is -2.00. The summed E-state index contributed by atoms with van der Waals surface area (Å²) in [6.45, 7) is 1.95. The van der Waals surface area contributed by atoms with Gasteiger partial charge in [0, 0.05) is 6.04 Å². The minimum Gasteiger partial charge on any atom is -0.461 e. The Kier molecular flexibility index (Phi) is 1.77. The van der Waals surface area contributed by atoms with Crippen LogP contribution >= 0.6 is 0 Å². The molecule has 1 aliphatic rings. The maximum Gasteiger partial charge on any atom is 0.322 e. The molecule has 15 heavy (non-hydrogen) atoms. The van der Waals surface area contributed by atoms with Gasteiger partial charge in [0.2, 0.25) is 5.82 Å². The second-order valence-corrected chi connectivity index (χ2v) is 3.77. The molecule has 0 aromatic carbocycles. The van der Waals surface area contributed by atoms with Crippen LogP contribution in [-0.2, 0) is 0 Å². The Morgan fingerprint density at radius 3 is 3.00 bits per heavy atom. The quantitative estimate of drug-likeness (QED) is 0.832. The summed E-state index contributed by atoms with van der Waals surface area (Å²) in [6.07, 6.45) is 3.98. The van der Waals surface area contributed by atoms with Gasteiger partial charge in [-0.1, -0.05) is 5.16 Å². The van der Waals surface area contributed by atoms with Crippen molar-refractivity contribution in [3.63, 3.8) is 0 Å². The number of anilines is 1. The fraction of sp³-hybridized carbons (Fsp3) is 0.400. The SMILES string of the molecule is Cc1ccoc1-c1noc(NC2CC2)n1. The average Bonchev–Trinajstić information content (AvgIpc) is 2.74. The van der Waals surface area contributed by atoms with Crippen molar-refractivity contribution < 1.29 is 8.94 Å². The highest BCUT2D eigenvalue weighted by molar-refractivity contribution is 5.52. The molecule has 1 N–H and O–H groups in total. The molecule has 78 valence electrons. The zero-order chi connectivity index (χ0) is 10.3. The summed E-state index contributed by atoms with van der Waals surface area (Å²) in [7, 11) is 0. The third-order valence-electron chi connectivity index (χ3n) is 2.40. The first-order chi connectivity index (χ1) is 7.33. The monoisotopic (exact) mass is 205 g/mol. The average molecular weight is 205 g/mol. The maximum absolute atomic E-state index is 5.27. The lowest BCUT2D eigenvalue weighted by molar-refractivity contribution is 0.429. The first kappa shape index (κ1) is 8.52. The molecule has 0 aliphatic heterocycles. The Hall–Kier alpha value is -1.78. The van der Waals surface area contributed by atoms with Gasteiger partial charge in [0.1, 0.15) is 0 Å². The van der Waals surface area contributed by atoms with Crippen molar-refractivity contribution in [2.24, 2.45) is 0 Å². The van der Waals surface area contributed by atoms with E-state index in [-0.39, 0.29) is 0 Å². The van der Waals surface area contributed by atoms with Crippen LogP contribution < -0.4 is 5.32 Å². The summed E-state index contributed by atoms with van der Waals surface area (Å²) in [5.74, 6) is 1.17. The van der Waals surface area contributed by atoms with Crippen molar-refractivity contribution in [2.75, 3.05) is 5.32 Å². The Bertz CT molecular complexity index is 470. The molecule has 2 aromatic heterocycles. The molecule has 0 bridgehead atoms. The molecule has 0 saturated heterocycles. The highest BCUT2D eigenvalue weighted by atomic mass is 16.5. The highest BCUT2D eigenvalue weighted by Crippen LogP contribution is 2.26. The van der Waals surface area contributed by atoms with E-state index in [1.807, 2.05) is 13.0 Å². The number of furan rings is 1. The molecule has 2 heterocycles. The molecule has 0 radical (unpaired) electrons. The van der Waals surface area contributed by atoms with E-state index < -0.39 is 0 Å². The van der Waals surface area contributed by atoms with E-state index in [4.69, 9.17) is 8.94 Å². The number of hydrogen-bond acceptors (Lipinski definition) is 5. The first-order valence-electron chi connectivity index (χ1n) is 4.97. The predicted molar refractivity (Wildman–Crippen MR) is 53.4 cm³/mol. The van der Waals surface area contributed by atoms with Gasteiger partial charge in [-0.05, 0) is 31.4 Å². The third-order valence-corrected chi connectivity index (χ3v) is 2.40. The van der Waals surface area contributed by atoms with Crippen LogP contribution in [0.1, 0.15) is 18.4 Å². The van der Waals surface area contributed by atoms with Crippen LogP contribution in [0.15, 0.2) is 21.3 Å². The molecule has 0 atom stereocenters. The van der Waals surface area contributed by atoms with Crippen LogP contribution in [0.5, 0.6) is 0 Å². The molecule has 0 unspecified atom stereocenters. The number of aromatic nitrogens is 2. The minimum absolute atomic E-state index is 0.475. The van der Waals surface area contributed by atoms with Crippen molar-refractivity contribution in [2.45, 2.75) is 25.8 Å². The Labute approximate surface area is 86.5 Å². The van der Waals surface area contributed by atoms with E-state index in [0.717, 1.165) is 5.56 Å². The van der Waals surface area contributed by atoms with E-state index in [1.165, 1.54) is 12.8 Å². The van der Waals surface area contributed by atoms with Gasteiger partial charge in [-0.25, -0.2) is 0 Å². The highest BCUT2D eigenvalue weighted by Gasteiger charge is 2.24. The van der Waals surface area contributed by atoms with Crippen LogP contribution in [0, 0.1) is 6.92 Å². The first-order valence-corrected chi connectivity index (χ1v) is 4.97. The molecule has 2 aromatic rings. The van der Waals surface area contributed by atoms with Crippen molar-refractivity contribution in [3.05, 3.63) is 17.9 Å². The topological polar surface area (TPSA) is 64.1 Å². The van der Waals surface area contributed by atoms with Crippen LogP contribution in [0.3, 0.4) is 0 Å². The molecular weight excluding hydrogens is 194 g/mol. The van der Waals surface area contributed by atoms with Gasteiger partial charge >= 0.3 is 6.01 Å². The van der Waals surface area contributed by atoms with Crippen molar-refractivity contribution in [1.82, 2.24) is 10.1 Å². The summed E-state index contributed by atoms with van der Waals surface area (Å²) in [6, 6.07) is 2.86. The summed E-state index contributed by atoms with van der Waals surface area (Å²) in [5, 5.41) is 6.99. The minimum atomic E-state index is 0.475. The number of nitrogens with one attached hydrogen (secondary N) is 1. The summed E-state index contributed by atoms with van der Waals surface area (Å²) < 4.78 is 10.3. The van der Waals surface area contributed by atoms with Crippen LogP contribution in [0.25, 0.3) is 11.6 Å². The van der Waals surface area contributed by atoms with Gasteiger partial charge in [0.05, 0.1) is 6.26 Å². The van der Waals surface area contributed by atoms with Crippen LogP contribution in [0.2, 0.25) is 0 Å². The Morgan fingerprint density at radius 2 is 2.33 bits per heavy atom. The predicted octanol–water partition coefficient (Wildman–Crippen LogP) is 2.21. The summed E-state index contributed by atoms with van der Waals surface area (Å²) in [4.78, 5) is 4.21. The normalized spacial score (nSPS) is 15.5. The van der Waals surface area contributed by atoms with E-state index in [9.17, 15) is 0 Å². The van der Waals surface area contributed by atoms with Crippen molar-refractivity contribution in [1.29, 1.82) is 0 Å². The Morgan fingerprint density at radius 1 is 1.47 bits per heavy atom. The fourth-order valence-electron chi connectivity index (χ4n) is 1.38. The number of rotatable bonds is 3. The second-order valence-electron chi connectivity index (χ2n) is 3.77. The lowest BCUT2D eigenvalue weighted by Gasteiger charge is -1.92. The van der Waals surface area contributed by atoms with Gasteiger partial charge in [0.25, 0.3) is 0 Å². The molecule has 0 amide bonds. The third kappa shape index (κ3) is 1.60. The summed E-state index contributed by atoms with van der Waals surface area (Å²) in [5.41, 5.74) is 1.01. The summed E-state index contributed by atoms with van der Waals surface area (Å²) >= 11 is 0. The zero-order valence-electron chi connectivity index (χ0n) is 8.36. The standard InChI is InChI=1S/C10H11N3O2/c1-6-4-5-14-8(6)9-12-10(15-13-9)11-7-2-3-7/h4-5,7H,2-3H2,1H3,(H,11,12,13). The van der Waals surface area contributed by atoms with Crippen LogP contribution in [-0.4, -0.2) is 16.2 Å². The molecule has 5 nitrogen and oxygen atoms in total. The van der Waals surface area contributed by atoms with Gasteiger partial charge in [-0.15, -0.1) is 0 Å². The number of aryl methyl sites for hydroxylation is 1. The molecule has 1 aliphatic carbocycles. The largest absolute Gasteiger partial charge is 0.461 e. The molecular formula is C10H11N3O2. The van der Waals surface area contributed by atoms with E-state index in [2.05, 4.69) is 15.5 Å². The van der Waals surface area contributed by atoms with E-state index in [1.54, 1.807) is 6.26 Å². The molecule has 1 fully saturated rings. The van der Waals surface area contributed by atoms with Gasteiger partial charge < -0.3 is 14.3 Å².